The molecule has 0 aliphatic carbocycles. The zero-order valence-electron chi connectivity index (χ0n) is 7.74. The minimum Gasteiger partial charge on any atom is 0 e. The maximum Gasteiger partial charge on any atom is 0.316 e. The summed E-state index contributed by atoms with van der Waals surface area (Å²) in [5.74, 6) is 0. The van der Waals surface area contributed by atoms with E-state index < -0.39 is 27.5 Å². The standard InChI is InChI=1S/2Al.2Ba.2Mg.3O3Si.2Zn.8H/c;;;;;;3*1-4(2)3;;;;;;;;;;/q2*+3;;;;;3*-2;;;;;;;;;;. The molecule has 0 atom stereocenters. The van der Waals surface area contributed by atoms with Crippen molar-refractivity contribution in [2.45, 2.75) is 0 Å². The monoisotopic (exact) mass is 742 g/mol. The summed E-state index contributed by atoms with van der Waals surface area (Å²) < 4.78 is 25.6. The molecule has 0 radical (unpaired) electrons. The van der Waals surface area contributed by atoms with Crippen molar-refractivity contribution in [1.82, 2.24) is 0 Å². The van der Waals surface area contributed by atoms with Gasteiger partial charge in [0.05, 0.1) is 0 Å². The fourth-order valence-electron chi connectivity index (χ4n) is 0. The molecule has 0 rings (SSSR count). The summed E-state index contributed by atoms with van der Waals surface area (Å²) in [6.45, 7) is 0. The van der Waals surface area contributed by atoms with Gasteiger partial charge in [-0.2, -0.15) is 0 Å². The summed E-state index contributed by atoms with van der Waals surface area (Å²) in [6.07, 6.45) is 0. The fraction of sp³-hybridized carbons (Fsp3) is 0. The van der Waals surface area contributed by atoms with Crippen molar-refractivity contribution < 1.29 is 81.1 Å². The van der Waals surface area contributed by atoms with Crippen molar-refractivity contribution in [1.29, 1.82) is 0 Å². The molecule has 0 N–H and O–H groups in total. The first-order chi connectivity index (χ1) is 5.20. The molecule has 0 saturated carbocycles. The molecule has 0 bridgehead atoms. The predicted molar refractivity (Wildman–Crippen MR) is 65.0 cm³/mol. The maximum absolute atomic E-state index is 8.52. The molecule has 0 aromatic heterocycles. The summed E-state index contributed by atoms with van der Waals surface area (Å²) >= 11 is 0. The second-order valence-electron chi connectivity index (χ2n) is 0.750. The van der Waals surface area contributed by atoms with Crippen LogP contribution in [-0.4, -0.2) is 206 Å². The molecule has 9 nitrogen and oxygen atoms in total. The fourth-order valence-corrected chi connectivity index (χ4v) is 0. The first-order valence-corrected chi connectivity index (χ1v) is 5.51. The van der Waals surface area contributed by atoms with Crippen molar-refractivity contribution in [3.8, 4) is 0 Å². The van der Waals surface area contributed by atoms with Crippen molar-refractivity contribution in [3.05, 3.63) is 0 Å². The largest absolute Gasteiger partial charge is 0.316 e. The van der Waals surface area contributed by atoms with E-state index in [0.717, 1.165) is 0 Å². The zero-order valence-corrected chi connectivity index (χ0v) is 19.0. The molecule has 0 aromatic carbocycles. The molecule has 92 valence electrons. The summed E-state index contributed by atoms with van der Waals surface area (Å²) in [6, 6.07) is 0. The molecule has 0 saturated heterocycles. The van der Waals surface area contributed by atoms with Gasteiger partial charge in [-0.15, -0.1) is 0 Å². The van der Waals surface area contributed by atoms with E-state index >= 15 is 0 Å². The van der Waals surface area contributed by atoms with Gasteiger partial charge >= 0.3 is 179 Å². The summed E-state index contributed by atoms with van der Waals surface area (Å²) in [5, 5.41) is 0. The van der Waals surface area contributed by atoms with E-state index in [9.17, 15) is 0 Å². The molecule has 0 unspecified atom stereocenters. The molecule has 0 fully saturated rings. The van der Waals surface area contributed by atoms with Crippen molar-refractivity contribution in [2.75, 3.05) is 0 Å². The van der Waals surface area contributed by atoms with Crippen LogP contribution in [0.2, 0.25) is 0 Å². The van der Waals surface area contributed by atoms with Gasteiger partial charge in [0.2, 0.25) is 0 Å². The second-order valence-corrected chi connectivity index (χ2v) is 2.25. The van der Waals surface area contributed by atoms with Gasteiger partial charge in [0, 0.05) is 66.5 Å². The Labute approximate surface area is 280 Å². The average molecular weight is 744 g/mol. The number of hydrogen-bond acceptors (Lipinski definition) is 9. The van der Waals surface area contributed by atoms with Crippen LogP contribution in [0.4, 0.5) is 0 Å². The number of hydrogen-bond donors (Lipinski definition) is 0. The third kappa shape index (κ3) is 365. The van der Waals surface area contributed by atoms with Crippen molar-refractivity contribution in [2.24, 2.45) is 0 Å². The van der Waals surface area contributed by atoms with Crippen LogP contribution in [0.3, 0.4) is 0 Å². The Balaban J connectivity index is -0.00000000562. The SMILES string of the molecule is O=[Si]([O-])[O-].O=[Si]([O-])[O-].O=[Si]([O-])[O-].[Al+3].[Al+3].[BaH2].[BaH2].[MgH2].[MgH2].[Zn].[Zn]. The van der Waals surface area contributed by atoms with Gasteiger partial charge in [0.1, 0.15) is 0 Å². The molecular weight excluding hydrogens is 736 g/mol. The molecule has 20 heteroatoms. The zero-order chi connectivity index (χ0) is 10.7. The van der Waals surface area contributed by atoms with Gasteiger partial charge in [0.15, 0.2) is 0 Å². The van der Waals surface area contributed by atoms with Crippen LogP contribution in [0, 0.1) is 0 Å². The van der Waals surface area contributed by atoms with Crippen LogP contribution in [0.15, 0.2) is 0 Å². The van der Waals surface area contributed by atoms with E-state index in [2.05, 4.69) is 0 Å². The Morgan fingerprint density at radius 1 is 0.500 bits per heavy atom. The van der Waals surface area contributed by atoms with Crippen LogP contribution in [-0.2, 0) is 52.3 Å². The molecule has 0 heterocycles. The first kappa shape index (κ1) is 72.4. The third-order valence-corrected chi connectivity index (χ3v) is 0. The van der Waals surface area contributed by atoms with Crippen molar-refractivity contribution in [3.63, 3.8) is 0 Å². The smallest absolute Gasteiger partial charge is 0 e. The average Bonchev–Trinajstić information content (AvgIpc) is 1.54. The van der Waals surface area contributed by atoms with Gasteiger partial charge in [-0.25, -0.2) is 0 Å². The normalized spacial score (nSPS) is 3.60. The van der Waals surface area contributed by atoms with Crippen molar-refractivity contribution >= 4 is 206 Å². The minimum absolute atomic E-state index is 0. The van der Waals surface area contributed by atoms with Crippen LogP contribution in [0.25, 0.3) is 0 Å². The summed E-state index contributed by atoms with van der Waals surface area (Å²) in [7, 11) is -10.9. The van der Waals surface area contributed by atoms with Crippen LogP contribution in [0.5, 0.6) is 0 Å². The van der Waals surface area contributed by atoms with E-state index in [4.69, 9.17) is 42.2 Å². The Morgan fingerprint density at radius 2 is 0.500 bits per heavy atom. The van der Waals surface area contributed by atoms with Crippen LogP contribution < -0.4 is 28.8 Å². The predicted octanol–water partition coefficient (Wildman–Crippen LogP) is -13.1. The molecule has 0 spiro atoms. The first-order valence-electron chi connectivity index (χ1n) is 1.84. The van der Waals surface area contributed by atoms with E-state index in [1.165, 1.54) is 0 Å². The molecule has 0 aromatic rings. The van der Waals surface area contributed by atoms with Crippen LogP contribution in [0.1, 0.15) is 0 Å². The Hall–Kier alpha value is 5.84. The summed E-state index contributed by atoms with van der Waals surface area (Å²) in [4.78, 5) is 51.1. The third-order valence-electron chi connectivity index (χ3n) is 0. The second kappa shape index (κ2) is 64.1. The molecular formula is H8Al2Ba2Mg2O9Si3Zn2. The van der Waals surface area contributed by atoms with Gasteiger partial charge in [-0.05, 0) is 0 Å². The van der Waals surface area contributed by atoms with E-state index in [0.29, 0.717) is 0 Å². The molecule has 20 heavy (non-hydrogen) atoms. The Bertz CT molecular complexity index is 143. The molecule has 0 amide bonds. The Kier molecular flexibility index (Phi) is 232. The Morgan fingerprint density at radius 3 is 0.500 bits per heavy atom. The minimum atomic E-state index is -3.63. The van der Waals surface area contributed by atoms with Gasteiger partial charge in [0.25, 0.3) is 0 Å². The van der Waals surface area contributed by atoms with Gasteiger partial charge in [-0.1, -0.05) is 0 Å². The topological polar surface area (TPSA) is 190 Å². The molecule has 0 aliphatic rings. The summed E-state index contributed by atoms with van der Waals surface area (Å²) in [5.41, 5.74) is 0. The van der Waals surface area contributed by atoms with E-state index in [-0.39, 0.29) is 218 Å². The van der Waals surface area contributed by atoms with E-state index in [1.807, 2.05) is 0 Å². The van der Waals surface area contributed by atoms with Gasteiger partial charge in [-0.3, -0.25) is 0 Å². The van der Waals surface area contributed by atoms with E-state index in [1.54, 1.807) is 0 Å². The number of rotatable bonds is 0. The maximum atomic E-state index is 8.52. The van der Waals surface area contributed by atoms with Gasteiger partial charge < -0.3 is 42.2 Å². The van der Waals surface area contributed by atoms with Crippen LogP contribution >= 0.6 is 0 Å². The quantitative estimate of drug-likeness (QED) is 0.217. The molecule has 0 aliphatic heterocycles.